The maximum atomic E-state index is 13.1. The van der Waals surface area contributed by atoms with E-state index in [0.717, 1.165) is 46.5 Å². The minimum atomic E-state index is -5.03. The average Bonchev–Trinajstić information content (AvgIpc) is 3.88. The summed E-state index contributed by atoms with van der Waals surface area (Å²) >= 11 is 0. The van der Waals surface area contributed by atoms with Gasteiger partial charge in [0.15, 0.2) is 6.29 Å². The van der Waals surface area contributed by atoms with Crippen molar-refractivity contribution in [2.75, 3.05) is 19.6 Å². The van der Waals surface area contributed by atoms with Gasteiger partial charge in [0.1, 0.15) is 6.04 Å². The van der Waals surface area contributed by atoms with Crippen LogP contribution in [0.5, 0.6) is 0 Å². The van der Waals surface area contributed by atoms with Gasteiger partial charge < -0.3 is 24.8 Å². The summed E-state index contributed by atoms with van der Waals surface area (Å²) in [5.74, 6) is -2.53. The zero-order valence-corrected chi connectivity index (χ0v) is 29.6. The Labute approximate surface area is 303 Å². The van der Waals surface area contributed by atoms with Gasteiger partial charge in [0.05, 0.1) is 18.8 Å². The summed E-state index contributed by atoms with van der Waals surface area (Å²) in [5, 5.41) is 12.4. The number of aliphatic hydroxyl groups is 1. The quantitative estimate of drug-likeness (QED) is 0.192. The fourth-order valence-corrected chi connectivity index (χ4v) is 7.89. The molecule has 278 valence electrons. The highest BCUT2D eigenvalue weighted by Gasteiger charge is 2.47. The van der Waals surface area contributed by atoms with E-state index in [1.165, 1.54) is 25.7 Å². The number of carbonyl (C=O) groups is 2. The first-order chi connectivity index (χ1) is 25.1. The third-order valence-corrected chi connectivity index (χ3v) is 10.8. The van der Waals surface area contributed by atoms with E-state index in [0.29, 0.717) is 17.4 Å². The second-order valence-electron chi connectivity index (χ2n) is 14.2. The van der Waals surface area contributed by atoms with E-state index in [4.69, 9.17) is 9.47 Å². The summed E-state index contributed by atoms with van der Waals surface area (Å²) in [6.45, 7) is 7.70. The normalized spacial score (nSPS) is 24.0. The summed E-state index contributed by atoms with van der Waals surface area (Å²) in [5.41, 5.74) is 5.25. The van der Waals surface area contributed by atoms with E-state index >= 15 is 0 Å². The minimum Gasteiger partial charge on any atom is -0.392 e. The highest BCUT2D eigenvalue weighted by molar-refractivity contribution is 5.90. The van der Waals surface area contributed by atoms with E-state index in [1.54, 1.807) is 0 Å². The molecule has 8 nitrogen and oxygen atoms in total. The third-order valence-electron chi connectivity index (χ3n) is 10.8. The highest BCUT2D eigenvalue weighted by Crippen LogP contribution is 2.43. The summed E-state index contributed by atoms with van der Waals surface area (Å²) in [7, 11) is 0. The first kappa shape index (κ1) is 37.7. The maximum absolute atomic E-state index is 13.1. The number of ether oxygens (including phenoxy) is 2. The molecule has 1 aliphatic carbocycles. The van der Waals surface area contributed by atoms with E-state index in [-0.39, 0.29) is 44.2 Å². The number of carbonyl (C=O) groups excluding carboxylic acids is 2. The van der Waals surface area contributed by atoms with Crippen LogP contribution in [-0.4, -0.2) is 70.7 Å². The van der Waals surface area contributed by atoms with Crippen LogP contribution in [0.15, 0.2) is 85.5 Å². The Morgan fingerprint density at radius 1 is 0.962 bits per heavy atom. The Kier molecular flexibility index (Phi) is 12.2. The van der Waals surface area contributed by atoms with Crippen molar-refractivity contribution in [1.29, 1.82) is 0 Å². The van der Waals surface area contributed by atoms with E-state index < -0.39 is 30.3 Å². The van der Waals surface area contributed by atoms with E-state index in [9.17, 15) is 27.9 Å². The van der Waals surface area contributed by atoms with Crippen molar-refractivity contribution in [1.82, 2.24) is 15.1 Å². The lowest BCUT2D eigenvalue weighted by atomic mass is 9.89. The molecule has 3 aromatic carbocycles. The van der Waals surface area contributed by atoms with E-state index in [1.807, 2.05) is 78.9 Å². The largest absolute Gasteiger partial charge is 0.471 e. The molecule has 2 aliphatic heterocycles. The van der Waals surface area contributed by atoms with Gasteiger partial charge in [-0.15, -0.1) is 6.58 Å². The number of aliphatic hydroxyl groups excluding tert-OH is 1. The summed E-state index contributed by atoms with van der Waals surface area (Å²) in [4.78, 5) is 28.0. The Balaban J connectivity index is 1.19. The lowest BCUT2D eigenvalue weighted by Crippen LogP contribution is -2.50. The summed E-state index contributed by atoms with van der Waals surface area (Å²) < 4.78 is 52.8. The van der Waals surface area contributed by atoms with Gasteiger partial charge in [-0.05, 0) is 53.5 Å². The molecule has 1 saturated carbocycles. The first-order valence-electron chi connectivity index (χ1n) is 18.3. The third kappa shape index (κ3) is 8.60. The Morgan fingerprint density at radius 3 is 2.33 bits per heavy atom. The number of rotatable bonds is 12. The molecule has 0 unspecified atom stereocenters. The number of amides is 2. The summed E-state index contributed by atoms with van der Waals surface area (Å²) in [6, 6.07) is 22.7. The molecule has 11 heteroatoms. The van der Waals surface area contributed by atoms with Crippen LogP contribution < -0.4 is 5.32 Å². The lowest BCUT2D eigenvalue weighted by molar-refractivity contribution is -0.276. The van der Waals surface area contributed by atoms with Crippen LogP contribution in [0.2, 0.25) is 0 Å². The van der Waals surface area contributed by atoms with Gasteiger partial charge in [0.25, 0.3) is 0 Å². The number of likely N-dealkylation sites (tertiary alicyclic amines) is 1. The molecule has 0 bridgehead atoms. The fourth-order valence-electron chi connectivity index (χ4n) is 7.89. The van der Waals surface area contributed by atoms with Crippen molar-refractivity contribution in [3.05, 3.63) is 108 Å². The molecular weight excluding hydrogens is 671 g/mol. The molecule has 0 spiro atoms. The predicted octanol–water partition coefficient (Wildman–Crippen LogP) is 7.24. The van der Waals surface area contributed by atoms with Crippen molar-refractivity contribution in [2.24, 2.45) is 5.92 Å². The van der Waals surface area contributed by atoms with Crippen molar-refractivity contribution >= 4 is 11.8 Å². The summed E-state index contributed by atoms with van der Waals surface area (Å²) in [6.07, 6.45) is 1.27. The van der Waals surface area contributed by atoms with Crippen molar-refractivity contribution in [3.8, 4) is 11.1 Å². The molecule has 6 rings (SSSR count). The standard InChI is InChI=1S/C41H48F3N3O5/c1-3-22-46(33-10-5-6-11-33)25-36-27(2)37(30-16-14-28(26-48)15-17-30)52-39(51-36)31-20-18-29(19-21-31)34-12-7-4-9-32(34)24-45-38(49)35-13-8-23-47(35)40(50)41(42,43)44/h3-4,7,9,12,14-21,27,33,35-37,39,48H,1,5-6,8,10-11,13,22-26H2,2H3,(H,45,49)/t27-,35-,36+,37+,39+/m0/s1. The zero-order valence-electron chi connectivity index (χ0n) is 29.6. The number of benzene rings is 3. The topological polar surface area (TPSA) is 91.3 Å². The zero-order chi connectivity index (χ0) is 36.8. The molecule has 0 aromatic heterocycles. The van der Waals surface area contributed by atoms with Crippen LogP contribution >= 0.6 is 0 Å². The van der Waals surface area contributed by atoms with Gasteiger partial charge in [0.2, 0.25) is 5.91 Å². The van der Waals surface area contributed by atoms with Gasteiger partial charge >= 0.3 is 12.1 Å². The van der Waals surface area contributed by atoms with Crippen LogP contribution in [0, 0.1) is 5.92 Å². The number of nitrogens with one attached hydrogen (secondary N) is 1. The van der Waals surface area contributed by atoms with Gasteiger partial charge in [-0.2, -0.15) is 13.2 Å². The smallest absolute Gasteiger partial charge is 0.392 e. The molecule has 52 heavy (non-hydrogen) atoms. The van der Waals surface area contributed by atoms with Gasteiger partial charge in [-0.3, -0.25) is 14.5 Å². The first-order valence-corrected chi connectivity index (χ1v) is 18.3. The molecule has 5 atom stereocenters. The molecule has 2 saturated heterocycles. The Morgan fingerprint density at radius 2 is 1.65 bits per heavy atom. The van der Waals surface area contributed by atoms with Crippen LogP contribution in [0.4, 0.5) is 13.2 Å². The van der Waals surface area contributed by atoms with Crippen molar-refractivity contribution in [2.45, 2.75) is 95.4 Å². The molecule has 3 fully saturated rings. The van der Waals surface area contributed by atoms with E-state index in [2.05, 4.69) is 23.7 Å². The molecule has 3 aromatic rings. The van der Waals surface area contributed by atoms with Crippen LogP contribution in [0.3, 0.4) is 0 Å². The predicted molar refractivity (Wildman–Crippen MR) is 192 cm³/mol. The molecule has 2 N–H and O–H groups in total. The SMILES string of the molecule is C=CCN(C[C@H]1O[C@@H](c2ccc(-c3ccccc3CNC(=O)[C@@H]3CCCN3C(=O)C(F)(F)F)cc2)O[C@@H](c2ccc(CO)cc2)[C@H]1C)C1CCCC1. The minimum absolute atomic E-state index is 0.0302. The Bertz CT molecular complexity index is 1680. The number of nitrogens with zero attached hydrogens (tertiary/aromatic N) is 2. The van der Waals surface area contributed by atoms with Crippen molar-refractivity contribution in [3.63, 3.8) is 0 Å². The molecular formula is C41H48F3N3O5. The highest BCUT2D eigenvalue weighted by atomic mass is 19.4. The average molecular weight is 720 g/mol. The number of hydrogen-bond donors (Lipinski definition) is 2. The fraction of sp³-hybridized carbons (Fsp3) is 0.463. The van der Waals surface area contributed by atoms with Crippen molar-refractivity contribution < 1.29 is 37.3 Å². The van der Waals surface area contributed by atoms with Gasteiger partial charge in [0, 0.05) is 43.7 Å². The maximum Gasteiger partial charge on any atom is 0.471 e. The molecule has 3 aliphatic rings. The van der Waals surface area contributed by atoms with Gasteiger partial charge in [-0.1, -0.05) is 98.6 Å². The molecule has 0 radical (unpaired) electrons. The number of halogens is 3. The van der Waals surface area contributed by atoms with Crippen LogP contribution in [0.25, 0.3) is 11.1 Å². The molecule has 2 amide bonds. The molecule has 2 heterocycles. The number of hydrogen-bond acceptors (Lipinski definition) is 6. The van der Waals surface area contributed by atoms with Crippen LogP contribution in [-0.2, 0) is 32.2 Å². The van der Waals surface area contributed by atoms with Gasteiger partial charge in [-0.25, -0.2) is 0 Å². The Hall–Kier alpha value is -4.03. The number of alkyl halides is 3. The van der Waals surface area contributed by atoms with Crippen LogP contribution in [0.1, 0.15) is 80.1 Å². The monoisotopic (exact) mass is 719 g/mol. The second-order valence-corrected chi connectivity index (χ2v) is 14.2. The second kappa shape index (κ2) is 16.8. The lowest BCUT2D eigenvalue weighted by Gasteiger charge is -2.43.